The highest BCUT2D eigenvalue weighted by Crippen LogP contribution is 2.35. The zero-order valence-corrected chi connectivity index (χ0v) is 18.4. The third kappa shape index (κ3) is 7.29. The van der Waals surface area contributed by atoms with Crippen molar-refractivity contribution in [2.24, 2.45) is 17.6 Å². The van der Waals surface area contributed by atoms with Crippen LogP contribution in [0, 0.1) is 11.8 Å². The van der Waals surface area contributed by atoms with Crippen molar-refractivity contribution in [2.75, 3.05) is 13.7 Å². The molecule has 1 aromatic carbocycles. The molecule has 2 atom stereocenters. The molecule has 2 unspecified atom stereocenters. The summed E-state index contributed by atoms with van der Waals surface area (Å²) in [7, 11) is 1.69. The summed E-state index contributed by atoms with van der Waals surface area (Å²) in [5.41, 5.74) is 7.18. The van der Waals surface area contributed by atoms with Crippen LogP contribution in [-0.2, 0) is 6.42 Å². The molecule has 0 aliphatic heterocycles. The van der Waals surface area contributed by atoms with Gasteiger partial charge in [-0.1, -0.05) is 45.6 Å². The fourth-order valence-electron chi connectivity index (χ4n) is 3.96. The molecule has 1 aliphatic rings. The molecule has 3 N–H and O–H groups in total. The Hall–Kier alpha value is -1.26. The van der Waals surface area contributed by atoms with Crippen molar-refractivity contribution in [2.45, 2.75) is 90.2 Å². The van der Waals surface area contributed by atoms with Gasteiger partial charge in [-0.2, -0.15) is 0 Å². The molecule has 0 aromatic heterocycles. The number of benzene rings is 1. The first kappa shape index (κ1) is 23.0. The largest absolute Gasteiger partial charge is 0.493 e. The van der Waals surface area contributed by atoms with E-state index in [-0.39, 0.29) is 12.7 Å². The molecule has 0 bridgehead atoms. The minimum Gasteiger partial charge on any atom is -0.493 e. The van der Waals surface area contributed by atoms with Crippen molar-refractivity contribution < 1.29 is 14.6 Å². The van der Waals surface area contributed by atoms with Gasteiger partial charge in [0.15, 0.2) is 11.5 Å². The molecule has 0 heterocycles. The van der Waals surface area contributed by atoms with Crippen LogP contribution < -0.4 is 15.2 Å². The highest BCUT2D eigenvalue weighted by molar-refractivity contribution is 5.43. The maximum atomic E-state index is 9.81. The summed E-state index contributed by atoms with van der Waals surface area (Å²) in [6, 6.07) is 6.16. The molecule has 0 radical (unpaired) electrons. The fourth-order valence-corrected chi connectivity index (χ4v) is 3.96. The summed E-state index contributed by atoms with van der Waals surface area (Å²) >= 11 is 0. The van der Waals surface area contributed by atoms with Gasteiger partial charge in [0.1, 0.15) is 0 Å². The predicted octanol–water partition coefficient (Wildman–Crippen LogP) is 5.10. The molecule has 1 aromatic rings. The molecular formula is C24H41NO3. The molecule has 0 spiro atoms. The number of aryl methyl sites for hydroxylation is 1. The second-order valence-corrected chi connectivity index (χ2v) is 9.26. The lowest BCUT2D eigenvalue weighted by Gasteiger charge is -2.35. The minimum absolute atomic E-state index is 0.0513. The standard InChI is InChI=1S/C24H41NO3/c1-18(2)7-5-8-19(3)28-22-12-11-20(15-23(22)27-4)13-14-24(25,17-26)16-21-9-6-10-21/h11-12,15,18-19,21,26H,5-10,13-14,16-17,25H2,1-4H3. The van der Waals surface area contributed by atoms with E-state index in [4.69, 9.17) is 15.2 Å². The van der Waals surface area contributed by atoms with Crippen LogP contribution in [-0.4, -0.2) is 30.5 Å². The van der Waals surface area contributed by atoms with E-state index in [1.165, 1.54) is 37.7 Å². The Balaban J connectivity index is 1.90. The molecule has 0 amide bonds. The number of rotatable bonds is 13. The Morgan fingerprint density at radius 2 is 1.93 bits per heavy atom. The van der Waals surface area contributed by atoms with E-state index in [1.807, 2.05) is 6.07 Å². The maximum absolute atomic E-state index is 9.81. The zero-order chi connectivity index (χ0) is 20.6. The van der Waals surface area contributed by atoms with Gasteiger partial charge in [-0.05, 0) is 68.6 Å². The first-order valence-electron chi connectivity index (χ1n) is 11.1. The number of aliphatic hydroxyl groups excluding tert-OH is 1. The van der Waals surface area contributed by atoms with E-state index in [9.17, 15) is 5.11 Å². The van der Waals surface area contributed by atoms with E-state index < -0.39 is 5.54 Å². The lowest BCUT2D eigenvalue weighted by atomic mass is 9.75. The van der Waals surface area contributed by atoms with Gasteiger partial charge in [-0.25, -0.2) is 0 Å². The van der Waals surface area contributed by atoms with Gasteiger partial charge in [0.05, 0.1) is 19.8 Å². The summed E-state index contributed by atoms with van der Waals surface area (Å²) in [6.45, 7) is 6.69. The smallest absolute Gasteiger partial charge is 0.161 e. The van der Waals surface area contributed by atoms with E-state index in [1.54, 1.807) is 7.11 Å². The number of ether oxygens (including phenoxy) is 2. The van der Waals surface area contributed by atoms with Gasteiger partial charge < -0.3 is 20.3 Å². The lowest BCUT2D eigenvalue weighted by molar-refractivity contribution is 0.135. The number of nitrogens with two attached hydrogens (primary N) is 1. The fraction of sp³-hybridized carbons (Fsp3) is 0.750. The van der Waals surface area contributed by atoms with Crippen LogP contribution >= 0.6 is 0 Å². The molecule has 4 nitrogen and oxygen atoms in total. The van der Waals surface area contributed by atoms with Crippen molar-refractivity contribution in [1.29, 1.82) is 0 Å². The van der Waals surface area contributed by atoms with Crippen LogP contribution in [0.2, 0.25) is 0 Å². The molecule has 160 valence electrons. The Morgan fingerprint density at radius 3 is 2.50 bits per heavy atom. The van der Waals surface area contributed by atoms with Crippen molar-refractivity contribution in [3.63, 3.8) is 0 Å². The van der Waals surface area contributed by atoms with Gasteiger partial charge in [-0.15, -0.1) is 0 Å². The van der Waals surface area contributed by atoms with Crippen molar-refractivity contribution in [1.82, 2.24) is 0 Å². The second kappa shape index (κ2) is 11.1. The van der Waals surface area contributed by atoms with Crippen LogP contribution in [0.15, 0.2) is 18.2 Å². The van der Waals surface area contributed by atoms with Gasteiger partial charge >= 0.3 is 0 Å². The molecule has 2 rings (SSSR count). The zero-order valence-electron chi connectivity index (χ0n) is 18.4. The molecule has 28 heavy (non-hydrogen) atoms. The SMILES string of the molecule is COc1cc(CCC(N)(CO)CC2CCC2)ccc1OC(C)CCCC(C)C. The number of hydrogen-bond donors (Lipinski definition) is 2. The highest BCUT2D eigenvalue weighted by atomic mass is 16.5. The van der Waals surface area contributed by atoms with Gasteiger partial charge in [0.2, 0.25) is 0 Å². The number of methoxy groups -OCH3 is 1. The first-order valence-corrected chi connectivity index (χ1v) is 11.1. The quantitative estimate of drug-likeness (QED) is 0.491. The molecule has 4 heteroatoms. The van der Waals surface area contributed by atoms with Crippen molar-refractivity contribution >= 4 is 0 Å². The monoisotopic (exact) mass is 391 g/mol. The Labute approximate surface area is 171 Å². The average molecular weight is 392 g/mol. The number of aliphatic hydroxyl groups is 1. The van der Waals surface area contributed by atoms with Gasteiger partial charge in [-0.3, -0.25) is 0 Å². The Bertz CT molecular complexity index is 585. The molecule has 1 fully saturated rings. The third-order valence-corrected chi connectivity index (χ3v) is 6.09. The maximum Gasteiger partial charge on any atom is 0.161 e. The summed E-state index contributed by atoms with van der Waals surface area (Å²) in [5.74, 6) is 3.01. The summed E-state index contributed by atoms with van der Waals surface area (Å²) in [4.78, 5) is 0. The average Bonchev–Trinajstić information content (AvgIpc) is 2.63. The van der Waals surface area contributed by atoms with Crippen LogP contribution in [0.25, 0.3) is 0 Å². The third-order valence-electron chi connectivity index (χ3n) is 6.09. The Morgan fingerprint density at radius 1 is 1.18 bits per heavy atom. The lowest BCUT2D eigenvalue weighted by Crippen LogP contribution is -2.46. The van der Waals surface area contributed by atoms with Gasteiger partial charge in [0.25, 0.3) is 0 Å². The second-order valence-electron chi connectivity index (χ2n) is 9.26. The Kier molecular flexibility index (Phi) is 9.10. The molecule has 1 aliphatic carbocycles. The van der Waals surface area contributed by atoms with E-state index in [0.717, 1.165) is 43.1 Å². The van der Waals surface area contributed by atoms with E-state index in [0.29, 0.717) is 5.92 Å². The first-order chi connectivity index (χ1) is 13.3. The minimum atomic E-state index is -0.474. The topological polar surface area (TPSA) is 64.7 Å². The van der Waals surface area contributed by atoms with Crippen molar-refractivity contribution in [3.8, 4) is 11.5 Å². The molecular weight excluding hydrogens is 350 g/mol. The number of hydrogen-bond acceptors (Lipinski definition) is 4. The normalized spacial score (nSPS) is 17.8. The van der Waals surface area contributed by atoms with Crippen LogP contribution in [0.1, 0.15) is 77.7 Å². The van der Waals surface area contributed by atoms with Crippen LogP contribution in [0.4, 0.5) is 0 Å². The van der Waals surface area contributed by atoms with E-state index in [2.05, 4.69) is 32.9 Å². The van der Waals surface area contributed by atoms with Crippen molar-refractivity contribution in [3.05, 3.63) is 23.8 Å². The van der Waals surface area contributed by atoms with Gasteiger partial charge in [0, 0.05) is 5.54 Å². The molecule has 1 saturated carbocycles. The highest BCUT2D eigenvalue weighted by Gasteiger charge is 2.30. The van der Waals surface area contributed by atoms with E-state index >= 15 is 0 Å². The summed E-state index contributed by atoms with van der Waals surface area (Å²) in [6.07, 6.45) is 10.0. The predicted molar refractivity (Wildman–Crippen MR) is 116 cm³/mol. The van der Waals surface area contributed by atoms with Crippen LogP contribution in [0.3, 0.4) is 0 Å². The summed E-state index contributed by atoms with van der Waals surface area (Å²) < 4.78 is 11.7. The summed E-state index contributed by atoms with van der Waals surface area (Å²) in [5, 5.41) is 9.81. The van der Waals surface area contributed by atoms with Crippen LogP contribution in [0.5, 0.6) is 11.5 Å². The molecule has 0 saturated heterocycles.